The lowest BCUT2D eigenvalue weighted by atomic mass is 9.85. The van der Waals surface area contributed by atoms with Gasteiger partial charge in [0.05, 0.1) is 23.2 Å². The highest BCUT2D eigenvalue weighted by molar-refractivity contribution is 7.99. The summed E-state index contributed by atoms with van der Waals surface area (Å²) in [6.45, 7) is 11.7. The zero-order valence-corrected chi connectivity index (χ0v) is 19.2. The molecule has 1 aliphatic heterocycles. The number of aryl methyl sites for hydroxylation is 1. The molecule has 0 saturated heterocycles. The first-order valence-electron chi connectivity index (χ1n) is 9.68. The van der Waals surface area contributed by atoms with Crippen LogP contribution in [0, 0.1) is 12.8 Å². The van der Waals surface area contributed by atoms with Crippen molar-refractivity contribution in [2.75, 3.05) is 11.1 Å². The molecule has 8 heteroatoms. The highest BCUT2D eigenvalue weighted by Crippen LogP contribution is 2.43. The van der Waals surface area contributed by atoms with E-state index < -0.39 is 11.9 Å². The number of allylic oxidation sites excluding steroid dienone is 1. The van der Waals surface area contributed by atoms with Crippen molar-refractivity contribution in [2.45, 2.75) is 58.7 Å². The molecule has 6 nitrogen and oxygen atoms in total. The van der Waals surface area contributed by atoms with Crippen molar-refractivity contribution in [3.63, 3.8) is 0 Å². The number of thioether (sulfide) groups is 1. The van der Waals surface area contributed by atoms with E-state index in [1.807, 2.05) is 39.1 Å². The zero-order valence-electron chi connectivity index (χ0n) is 17.6. The Hall–Kier alpha value is -2.06. The number of thiophene rings is 1. The van der Waals surface area contributed by atoms with E-state index in [2.05, 4.69) is 29.1 Å². The normalized spacial score (nSPS) is 16.2. The molecule has 0 bridgehead atoms. The van der Waals surface area contributed by atoms with Crippen LogP contribution in [0.1, 0.15) is 56.5 Å². The molecule has 2 aromatic rings. The Balaban J connectivity index is 2.14. The lowest BCUT2D eigenvalue weighted by Gasteiger charge is -2.29. The highest BCUT2D eigenvalue weighted by Gasteiger charge is 2.38. The van der Waals surface area contributed by atoms with Crippen molar-refractivity contribution in [2.24, 2.45) is 5.92 Å². The standard InChI is InChI=1S/C21H27N3O3S2/c1-10(2)9-29-21-23-18-16(19(25)24-21)15(17-12(5)7-8-28-17)14(13(6)22-18)20(26)27-11(3)4/h7-8,10-11,15H,9H2,1-6H3,(H2,22,23,24,25)/t15-/m1/s1. The fourth-order valence-corrected chi connectivity index (χ4v) is 5.09. The fraction of sp³-hybridized carbons (Fsp3) is 0.476. The number of ether oxygens (including phenoxy) is 1. The van der Waals surface area contributed by atoms with Gasteiger partial charge in [0, 0.05) is 16.3 Å². The first-order valence-corrected chi connectivity index (χ1v) is 11.5. The third-order valence-electron chi connectivity index (χ3n) is 4.50. The molecule has 3 heterocycles. The summed E-state index contributed by atoms with van der Waals surface area (Å²) in [6.07, 6.45) is -0.250. The minimum Gasteiger partial charge on any atom is -0.460 e. The second-order valence-electron chi connectivity index (χ2n) is 7.86. The zero-order chi connectivity index (χ0) is 21.3. The number of carbonyl (C=O) groups excluding carboxylic acids is 1. The Morgan fingerprint density at radius 3 is 2.62 bits per heavy atom. The maximum Gasteiger partial charge on any atom is 0.337 e. The third kappa shape index (κ3) is 4.59. The Labute approximate surface area is 179 Å². The van der Waals surface area contributed by atoms with Gasteiger partial charge in [0.25, 0.3) is 5.56 Å². The highest BCUT2D eigenvalue weighted by atomic mass is 32.2. The van der Waals surface area contributed by atoms with Gasteiger partial charge in [0.2, 0.25) is 0 Å². The molecule has 3 rings (SSSR count). The Morgan fingerprint density at radius 2 is 2.03 bits per heavy atom. The van der Waals surface area contributed by atoms with E-state index in [0.717, 1.165) is 16.2 Å². The molecule has 0 radical (unpaired) electrons. The van der Waals surface area contributed by atoms with Crippen LogP contribution in [0.4, 0.5) is 5.82 Å². The van der Waals surface area contributed by atoms with E-state index in [9.17, 15) is 9.59 Å². The molecular weight excluding hydrogens is 406 g/mol. The van der Waals surface area contributed by atoms with Gasteiger partial charge >= 0.3 is 5.97 Å². The number of H-pyrrole nitrogens is 1. The van der Waals surface area contributed by atoms with E-state index >= 15 is 0 Å². The first kappa shape index (κ1) is 21.6. The molecule has 0 aromatic carbocycles. The minimum atomic E-state index is -0.502. The van der Waals surface area contributed by atoms with Gasteiger partial charge in [-0.15, -0.1) is 11.3 Å². The molecule has 0 amide bonds. The molecule has 0 saturated carbocycles. The van der Waals surface area contributed by atoms with Gasteiger partial charge in [-0.1, -0.05) is 25.6 Å². The number of hydrogen-bond acceptors (Lipinski definition) is 7. The largest absolute Gasteiger partial charge is 0.460 e. The van der Waals surface area contributed by atoms with Crippen LogP contribution in [0.15, 0.2) is 32.7 Å². The van der Waals surface area contributed by atoms with Gasteiger partial charge in [0.1, 0.15) is 5.82 Å². The van der Waals surface area contributed by atoms with E-state index in [1.165, 1.54) is 23.1 Å². The number of rotatable bonds is 6. The van der Waals surface area contributed by atoms with E-state index in [0.29, 0.717) is 33.7 Å². The summed E-state index contributed by atoms with van der Waals surface area (Å²) in [6, 6.07) is 2.00. The number of aromatic nitrogens is 2. The smallest absolute Gasteiger partial charge is 0.337 e. The molecule has 0 fully saturated rings. The summed E-state index contributed by atoms with van der Waals surface area (Å²) in [5.74, 6) is 0.936. The number of esters is 1. The van der Waals surface area contributed by atoms with Crippen LogP contribution >= 0.6 is 23.1 Å². The van der Waals surface area contributed by atoms with Gasteiger partial charge in [-0.25, -0.2) is 9.78 Å². The monoisotopic (exact) mass is 433 g/mol. The summed E-state index contributed by atoms with van der Waals surface area (Å²) in [5, 5.41) is 5.74. The van der Waals surface area contributed by atoms with Crippen LogP contribution in [0.25, 0.3) is 0 Å². The average Bonchev–Trinajstić information content (AvgIpc) is 3.03. The topological polar surface area (TPSA) is 84.1 Å². The minimum absolute atomic E-state index is 0.228. The van der Waals surface area contributed by atoms with Crippen LogP contribution in [-0.4, -0.2) is 27.8 Å². The second-order valence-corrected chi connectivity index (χ2v) is 9.81. The number of anilines is 1. The van der Waals surface area contributed by atoms with Gasteiger partial charge in [0.15, 0.2) is 5.16 Å². The third-order valence-corrected chi connectivity index (χ3v) is 6.88. The summed E-state index contributed by atoms with van der Waals surface area (Å²) in [7, 11) is 0. The molecule has 2 aromatic heterocycles. The quantitative estimate of drug-likeness (QED) is 0.391. The Morgan fingerprint density at radius 1 is 1.31 bits per heavy atom. The lowest BCUT2D eigenvalue weighted by molar-refractivity contribution is -0.142. The van der Waals surface area contributed by atoms with Crippen molar-refractivity contribution in [1.82, 2.24) is 9.97 Å². The number of nitrogens with one attached hydrogen (secondary N) is 2. The molecular formula is C21H27N3O3S2. The summed E-state index contributed by atoms with van der Waals surface area (Å²) >= 11 is 3.06. The lowest BCUT2D eigenvalue weighted by Crippen LogP contribution is -2.31. The Kier molecular flexibility index (Phi) is 6.53. The molecule has 2 N–H and O–H groups in total. The molecule has 156 valence electrons. The van der Waals surface area contributed by atoms with Crippen LogP contribution in [0.2, 0.25) is 0 Å². The van der Waals surface area contributed by atoms with E-state index in [-0.39, 0.29) is 11.7 Å². The Bertz CT molecular complexity index is 1000. The first-order chi connectivity index (χ1) is 13.7. The van der Waals surface area contributed by atoms with Gasteiger partial charge < -0.3 is 15.0 Å². The van der Waals surface area contributed by atoms with E-state index in [4.69, 9.17) is 4.74 Å². The van der Waals surface area contributed by atoms with Crippen LogP contribution in [0.3, 0.4) is 0 Å². The maximum absolute atomic E-state index is 13.1. The molecule has 29 heavy (non-hydrogen) atoms. The fourth-order valence-electron chi connectivity index (χ4n) is 3.24. The molecule has 0 unspecified atom stereocenters. The van der Waals surface area contributed by atoms with Gasteiger partial charge in [-0.3, -0.25) is 4.79 Å². The van der Waals surface area contributed by atoms with Gasteiger partial charge in [-0.05, 0) is 50.6 Å². The average molecular weight is 434 g/mol. The molecule has 0 spiro atoms. The summed E-state index contributed by atoms with van der Waals surface area (Å²) < 4.78 is 5.50. The molecule has 1 atom stereocenters. The molecule has 0 aliphatic carbocycles. The van der Waals surface area contributed by atoms with Gasteiger partial charge in [-0.2, -0.15) is 0 Å². The summed E-state index contributed by atoms with van der Waals surface area (Å²) in [5.41, 5.74) is 2.40. The second kappa shape index (κ2) is 8.75. The predicted molar refractivity (Wildman–Crippen MR) is 119 cm³/mol. The molecule has 1 aliphatic rings. The SMILES string of the molecule is CC1=C(C(=O)OC(C)C)[C@@H](c2sccc2C)c2c(nc(SCC(C)C)[nH]c2=O)N1. The van der Waals surface area contributed by atoms with Crippen LogP contribution < -0.4 is 10.9 Å². The van der Waals surface area contributed by atoms with Crippen molar-refractivity contribution < 1.29 is 9.53 Å². The maximum atomic E-state index is 13.1. The predicted octanol–water partition coefficient (Wildman–Crippen LogP) is 4.67. The number of carbonyl (C=O) groups is 1. The number of nitrogens with zero attached hydrogens (tertiary/aromatic N) is 1. The number of aromatic amines is 1. The van der Waals surface area contributed by atoms with Crippen molar-refractivity contribution in [1.29, 1.82) is 0 Å². The van der Waals surface area contributed by atoms with Crippen LogP contribution in [-0.2, 0) is 9.53 Å². The van der Waals surface area contributed by atoms with Crippen molar-refractivity contribution >= 4 is 34.9 Å². The van der Waals surface area contributed by atoms with Crippen molar-refractivity contribution in [3.05, 3.63) is 49.1 Å². The van der Waals surface area contributed by atoms with Crippen molar-refractivity contribution in [3.8, 4) is 0 Å². The van der Waals surface area contributed by atoms with Crippen LogP contribution in [0.5, 0.6) is 0 Å². The number of fused-ring (bicyclic) bond motifs is 1. The van der Waals surface area contributed by atoms with E-state index in [1.54, 1.807) is 0 Å². The summed E-state index contributed by atoms with van der Waals surface area (Å²) in [4.78, 5) is 34.6. The number of hydrogen-bond donors (Lipinski definition) is 2.